The number of hydrogen-bond donors (Lipinski definition) is 0. The minimum absolute atomic E-state index is 0.575. The highest BCUT2D eigenvalue weighted by molar-refractivity contribution is 5.78. The van der Waals surface area contributed by atoms with Crippen LogP contribution in [0, 0.1) is 17.3 Å². The minimum atomic E-state index is 0.575. The van der Waals surface area contributed by atoms with Crippen LogP contribution in [-0.2, 0) is 24.0 Å². The first-order valence-corrected chi connectivity index (χ1v) is 22.0. The molecule has 300 valence electrons. The van der Waals surface area contributed by atoms with Crippen LogP contribution in [0.15, 0.2) is 103 Å². The van der Waals surface area contributed by atoms with Gasteiger partial charge in [0.15, 0.2) is 0 Å². The summed E-state index contributed by atoms with van der Waals surface area (Å²) in [7, 11) is 0. The maximum atomic E-state index is 5.38. The number of hydrogen-bond acceptors (Lipinski definition) is 3. The molecule has 1 saturated heterocycles. The van der Waals surface area contributed by atoms with Crippen LogP contribution in [0.5, 0.6) is 0 Å². The maximum Gasteiger partial charge on any atom is 0.0704 e. The molecule has 2 aliphatic carbocycles. The topological polar surface area (TPSA) is 35.0 Å². The molecule has 3 heteroatoms. The van der Waals surface area contributed by atoms with E-state index in [4.69, 9.17) is 4.74 Å². The van der Waals surface area contributed by atoms with Gasteiger partial charge in [0.05, 0.1) is 5.52 Å². The van der Waals surface area contributed by atoms with Gasteiger partial charge in [-0.25, -0.2) is 0 Å². The molecule has 56 heavy (non-hydrogen) atoms. The quantitative estimate of drug-likeness (QED) is 0.158. The van der Waals surface area contributed by atoms with E-state index < -0.39 is 0 Å². The van der Waals surface area contributed by atoms with E-state index in [1.165, 1.54) is 102 Å². The van der Waals surface area contributed by atoms with Crippen molar-refractivity contribution >= 4 is 10.9 Å². The van der Waals surface area contributed by atoms with Crippen molar-refractivity contribution in [3.05, 3.63) is 142 Å². The van der Waals surface area contributed by atoms with Crippen molar-refractivity contribution in [2.75, 3.05) is 13.2 Å². The van der Waals surface area contributed by atoms with Gasteiger partial charge in [0, 0.05) is 36.7 Å². The Morgan fingerprint density at radius 3 is 1.84 bits per heavy atom. The first kappa shape index (κ1) is 43.3. The first-order chi connectivity index (χ1) is 27.0. The summed E-state index contributed by atoms with van der Waals surface area (Å²) in [4.78, 5) is 8.78. The normalized spacial score (nSPS) is 17.3. The third kappa shape index (κ3) is 12.9. The molecule has 0 amide bonds. The van der Waals surface area contributed by atoms with Crippen molar-refractivity contribution in [3.63, 3.8) is 0 Å². The summed E-state index contributed by atoms with van der Waals surface area (Å²) < 4.78 is 5.38. The van der Waals surface area contributed by atoms with E-state index in [-0.39, 0.29) is 0 Å². The first-order valence-electron chi connectivity index (χ1n) is 22.0. The van der Waals surface area contributed by atoms with Gasteiger partial charge in [-0.2, -0.15) is 0 Å². The van der Waals surface area contributed by atoms with E-state index in [1.807, 2.05) is 18.5 Å². The zero-order valence-corrected chi connectivity index (χ0v) is 36.4. The second kappa shape index (κ2) is 21.1. The van der Waals surface area contributed by atoms with Crippen molar-refractivity contribution in [1.29, 1.82) is 0 Å². The zero-order valence-electron chi connectivity index (χ0n) is 36.4. The van der Waals surface area contributed by atoms with Crippen LogP contribution in [0.3, 0.4) is 0 Å². The van der Waals surface area contributed by atoms with Crippen LogP contribution in [0.1, 0.15) is 164 Å². The Morgan fingerprint density at radius 1 is 0.661 bits per heavy atom. The molecule has 3 heterocycles. The Bertz CT molecular complexity index is 1880. The number of ether oxygens (including phenoxy) is 1. The van der Waals surface area contributed by atoms with Crippen LogP contribution in [0.4, 0.5) is 0 Å². The fraction of sp³-hybridized carbons (Fsp3) is 0.509. The molecule has 1 unspecified atom stereocenters. The summed E-state index contributed by atoms with van der Waals surface area (Å²) in [5, 5.41) is 1.21. The average molecular weight is 753 g/mol. The Hall–Kier alpha value is -3.82. The summed E-state index contributed by atoms with van der Waals surface area (Å²) in [6.07, 6.45) is 15.4. The maximum absolute atomic E-state index is 5.38. The summed E-state index contributed by atoms with van der Waals surface area (Å²) in [5.74, 6) is 4.23. The molecule has 3 aromatic carbocycles. The van der Waals surface area contributed by atoms with Crippen molar-refractivity contribution in [3.8, 4) is 0 Å². The highest BCUT2D eigenvalue weighted by Crippen LogP contribution is 2.51. The van der Waals surface area contributed by atoms with E-state index in [2.05, 4.69) is 157 Å². The van der Waals surface area contributed by atoms with Gasteiger partial charge in [-0.05, 0) is 144 Å². The third-order valence-electron chi connectivity index (χ3n) is 12.7. The summed E-state index contributed by atoms with van der Waals surface area (Å²) in [6.45, 7) is 22.2. The molecule has 3 nitrogen and oxygen atoms in total. The molecule has 1 saturated carbocycles. The zero-order chi connectivity index (χ0) is 40.1. The van der Waals surface area contributed by atoms with E-state index in [1.54, 1.807) is 0 Å². The average Bonchev–Trinajstić information content (AvgIpc) is 4.01. The number of nitrogens with zero attached hydrogens (tertiary/aromatic N) is 2. The summed E-state index contributed by atoms with van der Waals surface area (Å²) in [5.41, 5.74) is 11.8. The lowest BCUT2D eigenvalue weighted by atomic mass is 9.80. The highest BCUT2D eigenvalue weighted by Gasteiger charge is 2.40. The number of benzene rings is 3. The SMILES string of the molecule is CC(C)C1CCc2cccnc2C1.CC(C)c1ccc(C2CCOCC2)cc1.CC(C)c1ccc2cccnc2c1.CCC1(Cc2ccc(C(C)C)cc2)CC1. The lowest BCUT2D eigenvalue weighted by Gasteiger charge is -2.26. The monoisotopic (exact) mass is 753 g/mol. The lowest BCUT2D eigenvalue weighted by Crippen LogP contribution is -2.19. The highest BCUT2D eigenvalue weighted by atomic mass is 16.5. The van der Waals surface area contributed by atoms with Crippen LogP contribution >= 0.6 is 0 Å². The van der Waals surface area contributed by atoms with Gasteiger partial charge < -0.3 is 4.74 Å². The molecular formula is C53H72N2O. The Balaban J connectivity index is 0.000000143. The number of pyridine rings is 2. The number of fused-ring (bicyclic) bond motifs is 2. The number of aromatic nitrogens is 2. The van der Waals surface area contributed by atoms with E-state index in [0.717, 1.165) is 36.5 Å². The molecule has 8 rings (SSSR count). The molecular weight excluding hydrogens is 681 g/mol. The molecule has 0 spiro atoms. The molecule has 3 aliphatic rings. The van der Waals surface area contributed by atoms with Gasteiger partial charge in [-0.1, -0.05) is 142 Å². The Morgan fingerprint density at radius 2 is 1.25 bits per heavy atom. The fourth-order valence-electron chi connectivity index (χ4n) is 8.06. The minimum Gasteiger partial charge on any atom is -0.381 e. The van der Waals surface area contributed by atoms with Gasteiger partial charge in [0.1, 0.15) is 0 Å². The number of rotatable bonds is 8. The molecule has 2 fully saturated rings. The van der Waals surface area contributed by atoms with Crippen LogP contribution < -0.4 is 0 Å². The Labute approximate surface area is 341 Å². The molecule has 1 atom stereocenters. The van der Waals surface area contributed by atoms with Crippen molar-refractivity contribution < 1.29 is 4.74 Å². The molecule has 0 radical (unpaired) electrons. The number of aryl methyl sites for hydroxylation is 1. The van der Waals surface area contributed by atoms with Crippen molar-refractivity contribution in [2.45, 2.75) is 144 Å². The molecule has 5 aromatic rings. The largest absolute Gasteiger partial charge is 0.381 e. The van der Waals surface area contributed by atoms with Crippen LogP contribution in [-0.4, -0.2) is 23.2 Å². The van der Waals surface area contributed by atoms with Gasteiger partial charge in [-0.3, -0.25) is 9.97 Å². The molecule has 2 aromatic heterocycles. The van der Waals surface area contributed by atoms with Gasteiger partial charge in [0.25, 0.3) is 0 Å². The van der Waals surface area contributed by atoms with Gasteiger partial charge in [0.2, 0.25) is 0 Å². The summed E-state index contributed by atoms with van der Waals surface area (Å²) >= 11 is 0. The molecule has 1 aliphatic heterocycles. The van der Waals surface area contributed by atoms with E-state index in [9.17, 15) is 0 Å². The predicted molar refractivity (Wildman–Crippen MR) is 240 cm³/mol. The predicted octanol–water partition coefficient (Wildman–Crippen LogP) is 14.4. The third-order valence-corrected chi connectivity index (χ3v) is 12.7. The Kier molecular flexibility index (Phi) is 16.3. The van der Waals surface area contributed by atoms with Crippen LogP contribution in [0.25, 0.3) is 10.9 Å². The molecule has 0 N–H and O–H groups in total. The smallest absolute Gasteiger partial charge is 0.0704 e. The summed E-state index contributed by atoms with van der Waals surface area (Å²) in [6, 6.07) is 33.2. The van der Waals surface area contributed by atoms with Crippen LogP contribution in [0.2, 0.25) is 0 Å². The van der Waals surface area contributed by atoms with Gasteiger partial charge >= 0.3 is 0 Å². The standard InChI is InChI=1S/C15H22.C14H20O.C12H17N.C12H13N/c1-4-15(9-10-15)11-13-5-7-14(8-6-13)12(2)3;1-11(2)12-3-5-13(6-4-12)14-7-9-15-10-8-14;2*1-9(2)11-6-5-10-4-3-7-13-12(10)8-11/h5-8,12H,4,9-11H2,1-3H3;3-6,11,14H,7-10H2,1-2H3;3-4,7,9,11H,5-6,8H2,1-2H3;3-9H,1-2H3. The van der Waals surface area contributed by atoms with Crippen molar-refractivity contribution in [2.24, 2.45) is 17.3 Å². The second-order valence-corrected chi connectivity index (χ2v) is 18.1. The lowest BCUT2D eigenvalue weighted by molar-refractivity contribution is 0.0853. The molecule has 0 bridgehead atoms. The van der Waals surface area contributed by atoms with Crippen molar-refractivity contribution in [1.82, 2.24) is 9.97 Å². The van der Waals surface area contributed by atoms with E-state index in [0.29, 0.717) is 23.2 Å². The fourth-order valence-corrected chi connectivity index (χ4v) is 8.06. The second-order valence-electron chi connectivity index (χ2n) is 18.1. The van der Waals surface area contributed by atoms with E-state index >= 15 is 0 Å². The van der Waals surface area contributed by atoms with Gasteiger partial charge in [-0.15, -0.1) is 0 Å².